The molecule has 1 aliphatic rings. The van der Waals surface area contributed by atoms with E-state index in [1.54, 1.807) is 0 Å². The maximum absolute atomic E-state index is 11.6. The molecule has 1 N–H and O–H groups in total. The van der Waals surface area contributed by atoms with E-state index in [4.69, 9.17) is 16.3 Å². The largest absolute Gasteiger partial charge is 0.378 e. The lowest BCUT2D eigenvalue weighted by molar-refractivity contribution is -0.123. The number of carbonyl (C=O) groups excluding carboxylic acids is 1. The van der Waals surface area contributed by atoms with Gasteiger partial charge in [0, 0.05) is 19.0 Å². The van der Waals surface area contributed by atoms with Crippen molar-refractivity contribution >= 4 is 17.5 Å². The number of rotatable bonds is 7. The molecule has 94 valence electrons. The summed E-state index contributed by atoms with van der Waals surface area (Å²) < 4.78 is 5.42. The molecule has 0 aliphatic carbocycles. The molecule has 0 aromatic heterocycles. The van der Waals surface area contributed by atoms with Gasteiger partial charge >= 0.3 is 0 Å². The maximum atomic E-state index is 11.6. The Bertz CT molecular complexity index is 205. The van der Waals surface area contributed by atoms with Crippen molar-refractivity contribution in [1.82, 2.24) is 5.32 Å². The van der Waals surface area contributed by atoms with E-state index in [1.807, 2.05) is 0 Å². The first-order chi connectivity index (χ1) is 7.76. The Morgan fingerprint density at radius 1 is 1.62 bits per heavy atom. The lowest BCUT2D eigenvalue weighted by atomic mass is 10.0. The van der Waals surface area contributed by atoms with Crippen LogP contribution in [0, 0.1) is 5.92 Å². The van der Waals surface area contributed by atoms with Gasteiger partial charge in [-0.05, 0) is 25.2 Å². The molecule has 3 nitrogen and oxygen atoms in total. The predicted molar refractivity (Wildman–Crippen MR) is 65.7 cm³/mol. The normalized spacial score (nSPS) is 22.0. The van der Waals surface area contributed by atoms with Crippen molar-refractivity contribution in [3.8, 4) is 0 Å². The van der Waals surface area contributed by atoms with Gasteiger partial charge in [0.25, 0.3) is 0 Å². The lowest BCUT2D eigenvalue weighted by Gasteiger charge is -2.15. The number of hydrogen-bond acceptors (Lipinski definition) is 2. The number of halogens is 1. The van der Waals surface area contributed by atoms with Gasteiger partial charge in [-0.3, -0.25) is 4.79 Å². The summed E-state index contributed by atoms with van der Waals surface area (Å²) in [6.45, 7) is 3.68. The quantitative estimate of drug-likeness (QED) is 0.702. The predicted octanol–water partition coefficient (Wildman–Crippen LogP) is 2.33. The van der Waals surface area contributed by atoms with E-state index >= 15 is 0 Å². The second-order valence-electron chi connectivity index (χ2n) is 4.40. The molecule has 2 atom stereocenters. The van der Waals surface area contributed by atoms with E-state index in [-0.39, 0.29) is 12.0 Å². The van der Waals surface area contributed by atoms with Crippen LogP contribution in [0.4, 0.5) is 0 Å². The van der Waals surface area contributed by atoms with Crippen molar-refractivity contribution in [2.75, 3.05) is 19.0 Å². The van der Waals surface area contributed by atoms with Crippen LogP contribution in [0.1, 0.15) is 39.0 Å². The number of alkyl halides is 1. The Balaban J connectivity index is 2.12. The third kappa shape index (κ3) is 5.17. The topological polar surface area (TPSA) is 38.3 Å². The Kier molecular flexibility index (Phi) is 6.81. The Morgan fingerprint density at radius 2 is 2.44 bits per heavy atom. The van der Waals surface area contributed by atoms with Crippen LogP contribution in [0.15, 0.2) is 0 Å². The van der Waals surface area contributed by atoms with Gasteiger partial charge in [-0.15, -0.1) is 11.6 Å². The van der Waals surface area contributed by atoms with Crippen molar-refractivity contribution in [2.45, 2.75) is 45.1 Å². The van der Waals surface area contributed by atoms with Crippen molar-refractivity contribution in [1.29, 1.82) is 0 Å². The molecule has 1 rings (SSSR count). The fraction of sp³-hybridized carbons (Fsp3) is 0.917. The van der Waals surface area contributed by atoms with Crippen LogP contribution in [0.3, 0.4) is 0 Å². The van der Waals surface area contributed by atoms with Crippen LogP contribution < -0.4 is 5.32 Å². The fourth-order valence-corrected chi connectivity index (χ4v) is 2.26. The summed E-state index contributed by atoms with van der Waals surface area (Å²) in [7, 11) is 0. The van der Waals surface area contributed by atoms with Crippen LogP contribution >= 0.6 is 11.6 Å². The molecule has 1 saturated heterocycles. The van der Waals surface area contributed by atoms with Crippen LogP contribution in [0.25, 0.3) is 0 Å². The average molecular weight is 248 g/mol. The monoisotopic (exact) mass is 247 g/mol. The van der Waals surface area contributed by atoms with Gasteiger partial charge in [-0.25, -0.2) is 0 Å². The highest BCUT2D eigenvalue weighted by atomic mass is 35.5. The summed E-state index contributed by atoms with van der Waals surface area (Å²) in [5.74, 6) is 1.28. The molecule has 0 radical (unpaired) electrons. The minimum Gasteiger partial charge on any atom is -0.378 e. The van der Waals surface area contributed by atoms with Gasteiger partial charge < -0.3 is 10.1 Å². The lowest BCUT2D eigenvalue weighted by Crippen LogP contribution is -2.31. The van der Waals surface area contributed by atoms with Crippen molar-refractivity contribution in [3.05, 3.63) is 0 Å². The average Bonchev–Trinajstić information content (AvgIpc) is 2.76. The first-order valence-corrected chi connectivity index (χ1v) is 6.74. The highest BCUT2D eigenvalue weighted by Crippen LogP contribution is 2.15. The van der Waals surface area contributed by atoms with E-state index in [1.165, 1.54) is 0 Å². The smallest absolute Gasteiger partial charge is 0.222 e. The SMILES string of the molecule is CCC(CCCl)CNC(=O)CC1CCCO1. The first-order valence-electron chi connectivity index (χ1n) is 6.20. The zero-order valence-electron chi connectivity index (χ0n) is 10.0. The molecule has 0 bridgehead atoms. The van der Waals surface area contributed by atoms with Gasteiger partial charge in [0.05, 0.1) is 12.5 Å². The summed E-state index contributed by atoms with van der Waals surface area (Å²) in [5.41, 5.74) is 0. The molecular formula is C12H22ClNO2. The van der Waals surface area contributed by atoms with Gasteiger partial charge in [0.1, 0.15) is 0 Å². The summed E-state index contributed by atoms with van der Waals surface area (Å²) in [4.78, 5) is 11.6. The Morgan fingerprint density at radius 3 is 3.00 bits per heavy atom. The third-order valence-corrected chi connectivity index (χ3v) is 3.34. The van der Waals surface area contributed by atoms with Crippen LogP contribution in [0.5, 0.6) is 0 Å². The number of amides is 1. The molecule has 0 aromatic rings. The summed E-state index contributed by atoms with van der Waals surface area (Å²) in [6.07, 6.45) is 4.80. The van der Waals surface area contributed by atoms with Crippen molar-refractivity contribution in [2.24, 2.45) is 5.92 Å². The van der Waals surface area contributed by atoms with Gasteiger partial charge in [0.2, 0.25) is 5.91 Å². The molecule has 1 heterocycles. The number of hydrogen-bond donors (Lipinski definition) is 1. The van der Waals surface area contributed by atoms with Gasteiger partial charge in [0.15, 0.2) is 0 Å². The van der Waals surface area contributed by atoms with Crippen molar-refractivity contribution in [3.63, 3.8) is 0 Å². The molecular weight excluding hydrogens is 226 g/mol. The highest BCUT2D eigenvalue weighted by molar-refractivity contribution is 6.17. The zero-order chi connectivity index (χ0) is 11.8. The zero-order valence-corrected chi connectivity index (χ0v) is 10.8. The maximum Gasteiger partial charge on any atom is 0.222 e. The van der Waals surface area contributed by atoms with Crippen molar-refractivity contribution < 1.29 is 9.53 Å². The number of ether oxygens (including phenoxy) is 1. The molecule has 16 heavy (non-hydrogen) atoms. The Labute approximate surface area is 103 Å². The molecule has 0 saturated carbocycles. The molecule has 2 unspecified atom stereocenters. The molecule has 1 aliphatic heterocycles. The van der Waals surface area contributed by atoms with E-state index in [2.05, 4.69) is 12.2 Å². The Hall–Kier alpha value is -0.280. The summed E-state index contributed by atoms with van der Waals surface area (Å²) >= 11 is 5.70. The van der Waals surface area contributed by atoms with E-state index in [9.17, 15) is 4.79 Å². The van der Waals surface area contributed by atoms with E-state index < -0.39 is 0 Å². The van der Waals surface area contributed by atoms with Crippen LogP contribution in [0.2, 0.25) is 0 Å². The van der Waals surface area contributed by atoms with Gasteiger partial charge in [-0.2, -0.15) is 0 Å². The van der Waals surface area contributed by atoms with Gasteiger partial charge in [-0.1, -0.05) is 13.3 Å². The first kappa shape index (κ1) is 13.8. The molecule has 1 fully saturated rings. The van der Waals surface area contributed by atoms with Crippen LogP contribution in [-0.2, 0) is 9.53 Å². The standard InChI is InChI=1S/C12H22ClNO2/c1-2-10(5-6-13)9-14-12(15)8-11-4-3-7-16-11/h10-11H,2-9H2,1H3,(H,14,15). The van der Waals surface area contributed by atoms with E-state index in [0.29, 0.717) is 18.2 Å². The molecule has 0 aromatic carbocycles. The summed E-state index contributed by atoms with van der Waals surface area (Å²) in [5, 5.41) is 2.97. The minimum absolute atomic E-state index is 0.111. The van der Waals surface area contributed by atoms with E-state index in [0.717, 1.165) is 38.8 Å². The second-order valence-corrected chi connectivity index (χ2v) is 4.77. The second kappa shape index (κ2) is 7.91. The molecule has 0 spiro atoms. The molecule has 1 amide bonds. The third-order valence-electron chi connectivity index (χ3n) is 3.12. The number of carbonyl (C=O) groups is 1. The minimum atomic E-state index is 0.111. The van der Waals surface area contributed by atoms with Crippen LogP contribution in [-0.4, -0.2) is 31.0 Å². The summed E-state index contributed by atoms with van der Waals surface area (Å²) in [6, 6.07) is 0. The highest BCUT2D eigenvalue weighted by Gasteiger charge is 2.19. The fourth-order valence-electron chi connectivity index (χ4n) is 1.95. The number of nitrogens with one attached hydrogen (secondary N) is 1. The molecule has 4 heteroatoms.